The molecule has 74 valence electrons. The predicted molar refractivity (Wildman–Crippen MR) is 56.0 cm³/mol. The summed E-state index contributed by atoms with van der Waals surface area (Å²) in [5.74, 6) is 1.08. The van der Waals surface area contributed by atoms with Crippen LogP contribution >= 0.6 is 11.8 Å². The minimum absolute atomic E-state index is 0.00567. The van der Waals surface area contributed by atoms with Gasteiger partial charge >= 0.3 is 0 Å². The van der Waals surface area contributed by atoms with Gasteiger partial charge in [0.25, 0.3) is 0 Å². The van der Waals surface area contributed by atoms with Crippen molar-refractivity contribution in [2.24, 2.45) is 4.99 Å². The van der Waals surface area contributed by atoms with E-state index in [0.717, 1.165) is 23.9 Å². The Morgan fingerprint density at radius 1 is 1.69 bits per heavy atom. The molecule has 0 saturated heterocycles. The third-order valence-corrected chi connectivity index (χ3v) is 2.79. The molecule has 0 aromatic carbocycles. The fourth-order valence-corrected chi connectivity index (χ4v) is 1.92. The van der Waals surface area contributed by atoms with Crippen LogP contribution in [0.3, 0.4) is 0 Å². The molecule has 13 heavy (non-hydrogen) atoms. The van der Waals surface area contributed by atoms with E-state index >= 15 is 0 Å². The van der Waals surface area contributed by atoms with Gasteiger partial charge in [-0.25, -0.2) is 0 Å². The molecule has 0 aromatic heterocycles. The molecule has 1 aliphatic heterocycles. The topological polar surface area (TPSA) is 53.5 Å². The van der Waals surface area contributed by atoms with Crippen molar-refractivity contribution in [3.63, 3.8) is 0 Å². The number of nitrogens with one attached hydrogen (secondary N) is 2. The van der Waals surface area contributed by atoms with E-state index in [9.17, 15) is 4.79 Å². The number of rotatable bonds is 2. The number of amidine groups is 1. The number of aliphatic imine (C=N–C) groups is 1. The number of likely N-dealkylation sites (N-methyl/N-ethyl adjacent to an activating group) is 1. The van der Waals surface area contributed by atoms with Crippen molar-refractivity contribution >= 4 is 22.8 Å². The molecule has 1 heterocycles. The first-order chi connectivity index (χ1) is 6.24. The normalized spacial score (nSPS) is 18.8. The van der Waals surface area contributed by atoms with Gasteiger partial charge in [-0.05, 0) is 13.3 Å². The summed E-state index contributed by atoms with van der Waals surface area (Å²) in [6, 6.07) is -0.200. The highest BCUT2D eigenvalue weighted by Gasteiger charge is 2.13. The fraction of sp³-hybridized carbons (Fsp3) is 0.750. The minimum Gasteiger partial charge on any atom is -0.357 e. The first kappa shape index (κ1) is 10.4. The highest BCUT2D eigenvalue weighted by Crippen LogP contribution is 2.10. The Bertz CT molecular complexity index is 217. The van der Waals surface area contributed by atoms with Crippen LogP contribution in [0.15, 0.2) is 4.99 Å². The number of amides is 1. The molecular formula is C8H15N3OS. The van der Waals surface area contributed by atoms with Gasteiger partial charge in [0.1, 0.15) is 6.04 Å². The summed E-state index contributed by atoms with van der Waals surface area (Å²) in [6.07, 6.45) is 1.13. The Labute approximate surface area is 82.6 Å². The summed E-state index contributed by atoms with van der Waals surface area (Å²) >= 11 is 1.68. The van der Waals surface area contributed by atoms with E-state index in [1.807, 2.05) is 6.92 Å². The highest BCUT2D eigenvalue weighted by molar-refractivity contribution is 8.13. The number of hydrogen-bond acceptors (Lipinski definition) is 4. The van der Waals surface area contributed by atoms with E-state index in [0.29, 0.717) is 0 Å². The zero-order valence-electron chi connectivity index (χ0n) is 7.96. The summed E-state index contributed by atoms with van der Waals surface area (Å²) in [4.78, 5) is 15.4. The van der Waals surface area contributed by atoms with Gasteiger partial charge in [0.2, 0.25) is 5.91 Å². The van der Waals surface area contributed by atoms with Gasteiger partial charge in [-0.3, -0.25) is 9.79 Å². The summed E-state index contributed by atoms with van der Waals surface area (Å²) < 4.78 is 0. The lowest BCUT2D eigenvalue weighted by Crippen LogP contribution is -2.43. The van der Waals surface area contributed by atoms with Crippen LogP contribution in [0.4, 0.5) is 0 Å². The quantitative estimate of drug-likeness (QED) is 0.671. The maximum Gasteiger partial charge on any atom is 0.242 e. The standard InChI is InChI=1S/C8H15N3OS/c1-6(7(12)9-2)11-8-10-4-3-5-13-8/h6H,3-5H2,1-2H3,(H,9,12)(H,10,11). The van der Waals surface area contributed by atoms with Crippen LogP contribution in [-0.2, 0) is 4.79 Å². The number of carbonyl (C=O) groups is 1. The second-order valence-corrected chi connectivity index (χ2v) is 3.95. The van der Waals surface area contributed by atoms with Crippen molar-refractivity contribution in [2.45, 2.75) is 19.4 Å². The molecule has 0 fully saturated rings. The van der Waals surface area contributed by atoms with E-state index in [1.54, 1.807) is 18.8 Å². The second-order valence-electron chi connectivity index (χ2n) is 2.87. The zero-order valence-corrected chi connectivity index (χ0v) is 8.78. The third-order valence-electron chi connectivity index (χ3n) is 1.78. The molecule has 1 rings (SSSR count). The van der Waals surface area contributed by atoms with Crippen LogP contribution in [0, 0.1) is 0 Å². The van der Waals surface area contributed by atoms with Crippen molar-refractivity contribution < 1.29 is 4.79 Å². The summed E-state index contributed by atoms with van der Waals surface area (Å²) in [6.45, 7) is 2.70. The molecule has 1 amide bonds. The number of thioether (sulfide) groups is 1. The molecule has 5 heteroatoms. The average Bonchev–Trinajstić information content (AvgIpc) is 2.18. The number of carbonyl (C=O) groups excluding carboxylic acids is 1. The van der Waals surface area contributed by atoms with Gasteiger partial charge in [-0.2, -0.15) is 0 Å². The third kappa shape index (κ3) is 3.26. The lowest BCUT2D eigenvalue weighted by molar-refractivity contribution is -0.121. The van der Waals surface area contributed by atoms with E-state index in [2.05, 4.69) is 15.6 Å². The molecule has 0 aromatic rings. The Hall–Kier alpha value is -0.710. The molecule has 2 N–H and O–H groups in total. The van der Waals surface area contributed by atoms with Crippen molar-refractivity contribution in [1.29, 1.82) is 0 Å². The Morgan fingerprint density at radius 3 is 3.00 bits per heavy atom. The van der Waals surface area contributed by atoms with Gasteiger partial charge in [-0.15, -0.1) is 0 Å². The number of hydrogen-bond donors (Lipinski definition) is 2. The van der Waals surface area contributed by atoms with Gasteiger partial charge in [0, 0.05) is 19.3 Å². The van der Waals surface area contributed by atoms with Crippen LogP contribution in [-0.4, -0.2) is 36.5 Å². The summed E-state index contributed by atoms with van der Waals surface area (Å²) in [5, 5.41) is 6.55. The maximum atomic E-state index is 11.1. The fourth-order valence-electron chi connectivity index (χ4n) is 1.01. The predicted octanol–water partition coefficient (Wildman–Crippen LogP) is 0.203. The average molecular weight is 201 g/mol. The van der Waals surface area contributed by atoms with Crippen LogP contribution < -0.4 is 10.6 Å². The SMILES string of the molecule is CNC(=O)C(C)NC1=NCCCS1. The molecule has 0 bridgehead atoms. The van der Waals surface area contributed by atoms with Gasteiger partial charge in [-0.1, -0.05) is 11.8 Å². The largest absolute Gasteiger partial charge is 0.357 e. The highest BCUT2D eigenvalue weighted by atomic mass is 32.2. The van der Waals surface area contributed by atoms with Crippen molar-refractivity contribution in [2.75, 3.05) is 19.3 Å². The van der Waals surface area contributed by atoms with E-state index < -0.39 is 0 Å². The van der Waals surface area contributed by atoms with Gasteiger partial charge in [0.05, 0.1) is 0 Å². The van der Waals surface area contributed by atoms with Crippen molar-refractivity contribution in [3.8, 4) is 0 Å². The molecule has 1 unspecified atom stereocenters. The Kier molecular flexibility index (Phi) is 4.08. The molecular weight excluding hydrogens is 186 g/mol. The molecule has 4 nitrogen and oxygen atoms in total. The summed E-state index contributed by atoms with van der Waals surface area (Å²) in [7, 11) is 1.64. The first-order valence-electron chi connectivity index (χ1n) is 4.39. The second kappa shape index (κ2) is 5.11. The van der Waals surface area contributed by atoms with E-state index in [1.165, 1.54) is 0 Å². The maximum absolute atomic E-state index is 11.1. The van der Waals surface area contributed by atoms with Crippen LogP contribution in [0.2, 0.25) is 0 Å². The number of nitrogens with zero attached hydrogens (tertiary/aromatic N) is 1. The Balaban J connectivity index is 2.38. The van der Waals surface area contributed by atoms with Crippen LogP contribution in [0.1, 0.15) is 13.3 Å². The van der Waals surface area contributed by atoms with Gasteiger partial charge in [0.15, 0.2) is 5.17 Å². The summed E-state index contributed by atoms with van der Waals surface area (Å²) in [5.41, 5.74) is 0. The molecule has 0 aliphatic carbocycles. The smallest absolute Gasteiger partial charge is 0.242 e. The van der Waals surface area contributed by atoms with Crippen LogP contribution in [0.25, 0.3) is 0 Å². The Morgan fingerprint density at radius 2 is 2.46 bits per heavy atom. The van der Waals surface area contributed by atoms with E-state index in [-0.39, 0.29) is 11.9 Å². The lowest BCUT2D eigenvalue weighted by Gasteiger charge is -2.17. The molecule has 0 radical (unpaired) electrons. The molecule has 0 spiro atoms. The molecule has 1 aliphatic rings. The minimum atomic E-state index is -0.200. The van der Waals surface area contributed by atoms with Crippen molar-refractivity contribution in [1.82, 2.24) is 10.6 Å². The lowest BCUT2D eigenvalue weighted by atomic mass is 10.3. The van der Waals surface area contributed by atoms with Crippen LogP contribution in [0.5, 0.6) is 0 Å². The monoisotopic (exact) mass is 201 g/mol. The van der Waals surface area contributed by atoms with Gasteiger partial charge < -0.3 is 10.6 Å². The molecule has 0 saturated carbocycles. The van der Waals surface area contributed by atoms with E-state index in [4.69, 9.17) is 0 Å². The molecule has 1 atom stereocenters. The van der Waals surface area contributed by atoms with Crippen molar-refractivity contribution in [3.05, 3.63) is 0 Å². The zero-order chi connectivity index (χ0) is 9.68. The first-order valence-corrected chi connectivity index (χ1v) is 5.38.